The molecule has 0 aromatic heterocycles. The first-order valence-corrected chi connectivity index (χ1v) is 5.17. The third kappa shape index (κ3) is 4.24. The number of carbonyl (C=O) groups is 1. The Balaban J connectivity index is 0.00000256. The van der Waals surface area contributed by atoms with Gasteiger partial charge in [0.25, 0.3) is 0 Å². The SMILES string of the molecule is CC(C)(C)[C@H](N)C(=O)Nc1ccccc1O.Cl. The van der Waals surface area contributed by atoms with Crippen LogP contribution in [0.3, 0.4) is 0 Å². The summed E-state index contributed by atoms with van der Waals surface area (Å²) < 4.78 is 0. The summed E-state index contributed by atoms with van der Waals surface area (Å²) in [6.07, 6.45) is 0. The van der Waals surface area contributed by atoms with E-state index in [2.05, 4.69) is 5.32 Å². The molecular formula is C12H19ClN2O2. The van der Waals surface area contributed by atoms with Crippen molar-refractivity contribution in [1.82, 2.24) is 0 Å². The summed E-state index contributed by atoms with van der Waals surface area (Å²) in [7, 11) is 0. The van der Waals surface area contributed by atoms with Crippen LogP contribution in [0.1, 0.15) is 20.8 Å². The van der Waals surface area contributed by atoms with E-state index in [1.807, 2.05) is 20.8 Å². The third-order valence-corrected chi connectivity index (χ3v) is 2.38. The second-order valence-electron chi connectivity index (χ2n) is 4.85. The predicted octanol–water partition coefficient (Wildman–Crippen LogP) is 2.13. The highest BCUT2D eigenvalue weighted by molar-refractivity contribution is 5.96. The smallest absolute Gasteiger partial charge is 0.241 e. The minimum Gasteiger partial charge on any atom is -0.506 e. The number of hydrogen-bond donors (Lipinski definition) is 3. The van der Waals surface area contributed by atoms with Crippen molar-refractivity contribution in [3.63, 3.8) is 0 Å². The number of phenols is 1. The van der Waals surface area contributed by atoms with Crippen LogP contribution in [-0.2, 0) is 4.79 Å². The average molecular weight is 259 g/mol. The highest BCUT2D eigenvalue weighted by Crippen LogP contribution is 2.23. The minimum absolute atomic E-state index is 0. The maximum Gasteiger partial charge on any atom is 0.241 e. The van der Waals surface area contributed by atoms with Gasteiger partial charge < -0.3 is 16.2 Å². The zero-order valence-corrected chi connectivity index (χ0v) is 11.0. The summed E-state index contributed by atoms with van der Waals surface area (Å²) in [5, 5.41) is 12.1. The molecule has 4 N–H and O–H groups in total. The molecule has 0 bridgehead atoms. The number of nitrogens with one attached hydrogen (secondary N) is 1. The number of phenolic OH excluding ortho intramolecular Hbond substituents is 1. The molecule has 0 aliphatic rings. The molecule has 1 aromatic carbocycles. The number of amides is 1. The maximum absolute atomic E-state index is 11.8. The van der Waals surface area contributed by atoms with Crippen LogP contribution in [0, 0.1) is 5.41 Å². The Labute approximate surface area is 108 Å². The molecule has 0 fully saturated rings. The molecule has 0 radical (unpaired) electrons. The average Bonchev–Trinajstić information content (AvgIpc) is 2.19. The number of benzene rings is 1. The molecule has 17 heavy (non-hydrogen) atoms. The Morgan fingerprint density at radius 3 is 2.35 bits per heavy atom. The first kappa shape index (κ1) is 15.7. The molecular weight excluding hydrogens is 240 g/mol. The molecule has 0 aliphatic heterocycles. The minimum atomic E-state index is -0.618. The van der Waals surface area contributed by atoms with Gasteiger partial charge in [-0.15, -0.1) is 12.4 Å². The second kappa shape index (κ2) is 5.89. The Morgan fingerprint density at radius 2 is 1.88 bits per heavy atom. The van der Waals surface area contributed by atoms with Crippen molar-refractivity contribution in [1.29, 1.82) is 0 Å². The topological polar surface area (TPSA) is 75.4 Å². The van der Waals surface area contributed by atoms with Crippen molar-refractivity contribution in [2.75, 3.05) is 5.32 Å². The number of aromatic hydroxyl groups is 1. The van der Waals surface area contributed by atoms with Gasteiger partial charge in [0.15, 0.2) is 0 Å². The lowest BCUT2D eigenvalue weighted by molar-refractivity contribution is -0.119. The Bertz CT molecular complexity index is 388. The van der Waals surface area contributed by atoms with E-state index >= 15 is 0 Å². The zero-order chi connectivity index (χ0) is 12.3. The second-order valence-corrected chi connectivity index (χ2v) is 4.85. The van der Waals surface area contributed by atoms with Crippen LogP contribution >= 0.6 is 12.4 Å². The van der Waals surface area contributed by atoms with Crippen molar-refractivity contribution in [3.8, 4) is 5.75 Å². The highest BCUT2D eigenvalue weighted by Gasteiger charge is 2.27. The number of anilines is 1. The van der Waals surface area contributed by atoms with Crippen molar-refractivity contribution in [2.24, 2.45) is 11.1 Å². The number of rotatable bonds is 2. The standard InChI is InChI=1S/C12H18N2O2.ClH/c1-12(2,3)10(13)11(16)14-8-6-4-5-7-9(8)15;/h4-7,10,15H,13H2,1-3H3,(H,14,16);1H/t10-;/m1./s1. The van der Waals surface area contributed by atoms with E-state index in [-0.39, 0.29) is 29.5 Å². The quantitative estimate of drug-likeness (QED) is 0.712. The summed E-state index contributed by atoms with van der Waals surface area (Å²) in [5.41, 5.74) is 5.87. The molecule has 0 aliphatic carbocycles. The molecule has 1 atom stereocenters. The van der Waals surface area contributed by atoms with E-state index in [1.165, 1.54) is 6.07 Å². The van der Waals surface area contributed by atoms with Gasteiger partial charge in [-0.2, -0.15) is 0 Å². The van der Waals surface area contributed by atoms with Gasteiger partial charge in [0.1, 0.15) is 5.75 Å². The van der Waals surface area contributed by atoms with Gasteiger partial charge >= 0.3 is 0 Å². The predicted molar refractivity (Wildman–Crippen MR) is 71.4 cm³/mol. The van der Waals surface area contributed by atoms with E-state index in [0.29, 0.717) is 5.69 Å². The fraction of sp³-hybridized carbons (Fsp3) is 0.417. The van der Waals surface area contributed by atoms with Crippen LogP contribution in [0.4, 0.5) is 5.69 Å². The van der Waals surface area contributed by atoms with E-state index in [1.54, 1.807) is 18.2 Å². The summed E-state index contributed by atoms with van der Waals surface area (Å²) in [5.74, 6) is -0.258. The largest absolute Gasteiger partial charge is 0.506 e. The van der Waals surface area contributed by atoms with Gasteiger partial charge in [-0.1, -0.05) is 32.9 Å². The van der Waals surface area contributed by atoms with Gasteiger partial charge in [-0.25, -0.2) is 0 Å². The fourth-order valence-electron chi connectivity index (χ4n) is 1.18. The van der Waals surface area contributed by atoms with Crippen LogP contribution in [0.25, 0.3) is 0 Å². The number of nitrogens with two attached hydrogens (primary N) is 1. The Kier molecular flexibility index (Phi) is 5.45. The van der Waals surface area contributed by atoms with E-state index in [0.717, 1.165) is 0 Å². The van der Waals surface area contributed by atoms with Crippen molar-refractivity contribution >= 4 is 24.0 Å². The normalized spacial score (nSPS) is 12.5. The number of hydrogen-bond acceptors (Lipinski definition) is 3. The Hall–Kier alpha value is -1.26. The van der Waals surface area contributed by atoms with E-state index < -0.39 is 6.04 Å². The lowest BCUT2D eigenvalue weighted by Gasteiger charge is -2.25. The van der Waals surface area contributed by atoms with Crippen molar-refractivity contribution < 1.29 is 9.90 Å². The number of halogens is 1. The first-order valence-electron chi connectivity index (χ1n) is 5.17. The molecule has 0 heterocycles. The molecule has 1 amide bonds. The van der Waals surface area contributed by atoms with Crippen molar-refractivity contribution in [2.45, 2.75) is 26.8 Å². The molecule has 0 spiro atoms. The molecule has 4 nitrogen and oxygen atoms in total. The van der Waals surface area contributed by atoms with Gasteiger partial charge in [0.05, 0.1) is 11.7 Å². The zero-order valence-electron chi connectivity index (χ0n) is 10.2. The fourth-order valence-corrected chi connectivity index (χ4v) is 1.18. The third-order valence-electron chi connectivity index (χ3n) is 2.38. The van der Waals surface area contributed by atoms with Crippen molar-refractivity contribution in [3.05, 3.63) is 24.3 Å². The molecule has 5 heteroatoms. The maximum atomic E-state index is 11.8. The van der Waals surface area contributed by atoms with Gasteiger partial charge in [-0.05, 0) is 17.5 Å². The number of para-hydroxylation sites is 2. The molecule has 96 valence electrons. The van der Waals surface area contributed by atoms with Crippen LogP contribution in [-0.4, -0.2) is 17.1 Å². The lowest BCUT2D eigenvalue weighted by atomic mass is 9.87. The van der Waals surface area contributed by atoms with Crippen LogP contribution in [0.15, 0.2) is 24.3 Å². The van der Waals surface area contributed by atoms with Gasteiger partial charge in [0.2, 0.25) is 5.91 Å². The summed E-state index contributed by atoms with van der Waals surface area (Å²) >= 11 is 0. The monoisotopic (exact) mass is 258 g/mol. The highest BCUT2D eigenvalue weighted by atomic mass is 35.5. The summed E-state index contributed by atoms with van der Waals surface area (Å²) in [6, 6.07) is 5.94. The molecule has 0 unspecified atom stereocenters. The van der Waals surface area contributed by atoms with Gasteiger partial charge in [0, 0.05) is 0 Å². The van der Waals surface area contributed by atoms with E-state index in [4.69, 9.17) is 5.73 Å². The van der Waals surface area contributed by atoms with E-state index in [9.17, 15) is 9.90 Å². The lowest BCUT2D eigenvalue weighted by Crippen LogP contribution is -2.45. The first-order chi connectivity index (χ1) is 7.32. The van der Waals surface area contributed by atoms with Crippen LogP contribution in [0.5, 0.6) is 5.75 Å². The summed E-state index contributed by atoms with van der Waals surface area (Å²) in [6.45, 7) is 5.67. The number of carbonyl (C=O) groups excluding carboxylic acids is 1. The summed E-state index contributed by atoms with van der Waals surface area (Å²) in [4.78, 5) is 11.8. The van der Waals surface area contributed by atoms with Crippen LogP contribution < -0.4 is 11.1 Å². The molecule has 0 saturated carbocycles. The molecule has 1 rings (SSSR count). The van der Waals surface area contributed by atoms with Gasteiger partial charge in [-0.3, -0.25) is 4.79 Å². The molecule has 1 aromatic rings. The molecule has 0 saturated heterocycles. The Morgan fingerprint density at radius 1 is 1.35 bits per heavy atom. The van der Waals surface area contributed by atoms with Crippen LogP contribution in [0.2, 0.25) is 0 Å².